The second-order valence-corrected chi connectivity index (χ2v) is 4.08. The van der Waals surface area contributed by atoms with E-state index in [0.717, 1.165) is 18.6 Å². The Kier molecular flexibility index (Phi) is 4.63. The Morgan fingerprint density at radius 1 is 1.47 bits per heavy atom. The molecule has 0 aromatic heterocycles. The van der Waals surface area contributed by atoms with Gasteiger partial charge >= 0.3 is 6.36 Å². The summed E-state index contributed by atoms with van der Waals surface area (Å²) in [5.74, 6) is -0.910. The number of ether oxygens (including phenoxy) is 1. The highest BCUT2D eigenvalue weighted by Crippen LogP contribution is 2.28. The maximum atomic E-state index is 12.0. The highest BCUT2D eigenvalue weighted by atomic mass is 19.4. The van der Waals surface area contributed by atoms with Crippen LogP contribution in [0.1, 0.15) is 30.6 Å². The summed E-state index contributed by atoms with van der Waals surface area (Å²) in [6.07, 6.45) is -4.06. The van der Waals surface area contributed by atoms with Crippen LogP contribution in [0.15, 0.2) is 18.2 Å². The minimum atomic E-state index is -4.81. The maximum Gasteiger partial charge on any atom is 0.573 e. The number of nitrogen functional groups attached to an aromatic ring is 1. The molecule has 1 aromatic carbocycles. The van der Waals surface area contributed by atoms with Gasteiger partial charge in [0.15, 0.2) is 5.75 Å². The molecule has 7 heteroatoms. The summed E-state index contributed by atoms with van der Waals surface area (Å²) >= 11 is 0. The van der Waals surface area contributed by atoms with Crippen molar-refractivity contribution in [3.8, 4) is 5.75 Å². The van der Waals surface area contributed by atoms with E-state index >= 15 is 0 Å². The third kappa shape index (κ3) is 4.69. The lowest BCUT2D eigenvalue weighted by atomic mass is 10.1. The monoisotopic (exact) mass is 276 g/mol. The van der Waals surface area contributed by atoms with Gasteiger partial charge in [0.1, 0.15) is 0 Å². The number of hydrogen-bond donors (Lipinski definition) is 2. The van der Waals surface area contributed by atoms with Crippen LogP contribution >= 0.6 is 0 Å². The van der Waals surface area contributed by atoms with Gasteiger partial charge in [0.05, 0.1) is 5.69 Å². The summed E-state index contributed by atoms with van der Waals surface area (Å²) in [6.45, 7) is 3.72. The number of carbonyl (C=O) groups excluding carboxylic acids is 1. The van der Waals surface area contributed by atoms with Gasteiger partial charge in [-0.1, -0.05) is 6.92 Å². The Morgan fingerprint density at radius 2 is 2.11 bits per heavy atom. The lowest BCUT2D eigenvalue weighted by Crippen LogP contribution is -2.31. The number of anilines is 1. The molecule has 19 heavy (non-hydrogen) atoms. The zero-order chi connectivity index (χ0) is 14.6. The SMILES string of the molecule is CCC(C)NC(=O)c1ccc(OC(F)(F)F)c(N)c1. The Bertz CT molecular complexity index is 461. The number of nitrogens with one attached hydrogen (secondary N) is 1. The predicted molar refractivity (Wildman–Crippen MR) is 64.8 cm³/mol. The first-order valence-electron chi connectivity index (χ1n) is 5.69. The van der Waals surface area contributed by atoms with Gasteiger partial charge < -0.3 is 15.8 Å². The number of carbonyl (C=O) groups is 1. The van der Waals surface area contributed by atoms with Crippen LogP contribution in [0.25, 0.3) is 0 Å². The minimum Gasteiger partial charge on any atom is -0.404 e. The van der Waals surface area contributed by atoms with Gasteiger partial charge in [0, 0.05) is 11.6 Å². The average Bonchev–Trinajstić information content (AvgIpc) is 2.29. The Labute approximate surface area is 108 Å². The van der Waals surface area contributed by atoms with Crippen LogP contribution in [0, 0.1) is 0 Å². The average molecular weight is 276 g/mol. The summed E-state index contributed by atoms with van der Waals surface area (Å²) in [5, 5.41) is 2.68. The molecule has 0 aliphatic carbocycles. The quantitative estimate of drug-likeness (QED) is 0.831. The molecule has 1 amide bonds. The summed E-state index contributed by atoms with van der Waals surface area (Å²) in [7, 11) is 0. The molecule has 1 aromatic rings. The summed E-state index contributed by atoms with van der Waals surface area (Å²) in [4.78, 5) is 11.7. The van der Waals surface area contributed by atoms with E-state index < -0.39 is 12.1 Å². The fourth-order valence-electron chi connectivity index (χ4n) is 1.32. The van der Waals surface area contributed by atoms with Crippen molar-refractivity contribution in [3.63, 3.8) is 0 Å². The smallest absolute Gasteiger partial charge is 0.404 e. The number of hydrogen-bond acceptors (Lipinski definition) is 3. The van der Waals surface area contributed by atoms with Crippen LogP contribution in [-0.4, -0.2) is 18.3 Å². The number of rotatable bonds is 4. The lowest BCUT2D eigenvalue weighted by molar-refractivity contribution is -0.274. The van der Waals surface area contributed by atoms with Gasteiger partial charge in [0.2, 0.25) is 0 Å². The molecule has 106 valence electrons. The van der Waals surface area contributed by atoms with E-state index in [0.29, 0.717) is 0 Å². The van der Waals surface area contributed by atoms with Crippen LogP contribution in [-0.2, 0) is 0 Å². The molecule has 0 aliphatic rings. The van der Waals surface area contributed by atoms with Crippen LogP contribution in [0.2, 0.25) is 0 Å². The minimum absolute atomic E-state index is 0.0279. The first-order valence-corrected chi connectivity index (χ1v) is 5.69. The largest absolute Gasteiger partial charge is 0.573 e. The number of halogens is 3. The van der Waals surface area contributed by atoms with E-state index in [9.17, 15) is 18.0 Å². The molecular weight excluding hydrogens is 261 g/mol. The van der Waals surface area contributed by atoms with Crippen molar-refractivity contribution in [1.29, 1.82) is 0 Å². The van der Waals surface area contributed by atoms with Gasteiger partial charge in [0.25, 0.3) is 5.91 Å². The number of benzene rings is 1. The first-order chi connectivity index (χ1) is 8.73. The van der Waals surface area contributed by atoms with E-state index in [1.54, 1.807) is 0 Å². The van der Waals surface area contributed by atoms with Crippen molar-refractivity contribution < 1.29 is 22.7 Å². The Morgan fingerprint density at radius 3 is 2.58 bits per heavy atom. The van der Waals surface area contributed by atoms with Crippen molar-refractivity contribution in [2.24, 2.45) is 0 Å². The summed E-state index contributed by atoms with van der Waals surface area (Å²) in [6, 6.07) is 3.38. The second-order valence-electron chi connectivity index (χ2n) is 4.08. The molecule has 3 N–H and O–H groups in total. The second kappa shape index (κ2) is 5.81. The van der Waals surface area contributed by atoms with Gasteiger partial charge in [-0.05, 0) is 31.5 Å². The zero-order valence-corrected chi connectivity index (χ0v) is 10.5. The van der Waals surface area contributed by atoms with Crippen molar-refractivity contribution in [2.75, 3.05) is 5.73 Å². The van der Waals surface area contributed by atoms with Crippen molar-refractivity contribution in [3.05, 3.63) is 23.8 Å². The molecule has 0 heterocycles. The third-order valence-electron chi connectivity index (χ3n) is 2.49. The topological polar surface area (TPSA) is 64.3 Å². The normalized spacial score (nSPS) is 12.9. The van der Waals surface area contributed by atoms with Crippen molar-refractivity contribution in [1.82, 2.24) is 5.32 Å². The van der Waals surface area contributed by atoms with Gasteiger partial charge in [-0.15, -0.1) is 13.2 Å². The molecule has 1 unspecified atom stereocenters. The zero-order valence-electron chi connectivity index (χ0n) is 10.5. The van der Waals surface area contributed by atoms with E-state index in [-0.39, 0.29) is 23.2 Å². The lowest BCUT2D eigenvalue weighted by Gasteiger charge is -2.14. The predicted octanol–water partition coefficient (Wildman–Crippen LogP) is 2.70. The Balaban J connectivity index is 2.85. The first kappa shape index (κ1) is 15.1. The molecule has 0 saturated heterocycles. The number of alkyl halides is 3. The van der Waals surface area contributed by atoms with Crippen molar-refractivity contribution in [2.45, 2.75) is 32.7 Å². The van der Waals surface area contributed by atoms with Gasteiger partial charge in [-0.25, -0.2) is 0 Å². The van der Waals surface area contributed by atoms with Crippen LogP contribution in [0.4, 0.5) is 18.9 Å². The molecule has 0 aliphatic heterocycles. The highest BCUT2D eigenvalue weighted by molar-refractivity contribution is 5.95. The van der Waals surface area contributed by atoms with E-state index in [1.807, 2.05) is 13.8 Å². The van der Waals surface area contributed by atoms with Gasteiger partial charge in [-0.2, -0.15) is 0 Å². The Hall–Kier alpha value is -1.92. The molecule has 4 nitrogen and oxygen atoms in total. The van der Waals surface area contributed by atoms with Gasteiger partial charge in [-0.3, -0.25) is 4.79 Å². The fraction of sp³-hybridized carbons (Fsp3) is 0.417. The van der Waals surface area contributed by atoms with Crippen LogP contribution < -0.4 is 15.8 Å². The molecule has 1 rings (SSSR count). The van der Waals surface area contributed by atoms with E-state index in [4.69, 9.17) is 5.73 Å². The van der Waals surface area contributed by atoms with E-state index in [2.05, 4.69) is 10.1 Å². The molecule has 0 spiro atoms. The van der Waals surface area contributed by atoms with Crippen LogP contribution in [0.5, 0.6) is 5.75 Å². The molecule has 0 radical (unpaired) electrons. The molecule has 0 bridgehead atoms. The van der Waals surface area contributed by atoms with Crippen molar-refractivity contribution >= 4 is 11.6 Å². The summed E-state index contributed by atoms with van der Waals surface area (Å²) in [5.41, 5.74) is 5.37. The molecule has 1 atom stereocenters. The maximum absolute atomic E-state index is 12.0. The summed E-state index contributed by atoms with van der Waals surface area (Å²) < 4.78 is 39.8. The standard InChI is InChI=1S/C12H15F3N2O2/c1-3-7(2)17-11(18)8-4-5-10(9(16)6-8)19-12(13,14)15/h4-7H,3,16H2,1-2H3,(H,17,18). The number of amides is 1. The molecule has 0 saturated carbocycles. The number of nitrogens with two attached hydrogens (primary N) is 1. The third-order valence-corrected chi connectivity index (χ3v) is 2.49. The molecule has 0 fully saturated rings. The molecular formula is C12H15F3N2O2. The highest BCUT2D eigenvalue weighted by Gasteiger charge is 2.32. The fourth-order valence-corrected chi connectivity index (χ4v) is 1.32. The van der Waals surface area contributed by atoms with Crippen LogP contribution in [0.3, 0.4) is 0 Å². The van der Waals surface area contributed by atoms with E-state index in [1.165, 1.54) is 6.07 Å².